The Morgan fingerprint density at radius 2 is 2.26 bits per heavy atom. The van der Waals surface area contributed by atoms with Crippen molar-refractivity contribution in [2.24, 2.45) is 17.8 Å². The molecule has 19 heavy (non-hydrogen) atoms. The fourth-order valence-corrected chi connectivity index (χ4v) is 3.01. The second kappa shape index (κ2) is 6.27. The van der Waals surface area contributed by atoms with E-state index >= 15 is 0 Å². The Kier molecular flexibility index (Phi) is 4.67. The van der Waals surface area contributed by atoms with Crippen molar-refractivity contribution in [1.29, 1.82) is 0 Å². The number of carbonyl (C=O) groups is 1. The van der Waals surface area contributed by atoms with Gasteiger partial charge >= 0.3 is 5.97 Å². The van der Waals surface area contributed by atoms with Crippen LogP contribution < -0.4 is 5.32 Å². The van der Waals surface area contributed by atoms with E-state index in [0.29, 0.717) is 29.7 Å². The molecule has 2 aliphatic rings. The number of allylic oxidation sites excluding steroid dienone is 1. The molecule has 1 heterocycles. The molecule has 2 rings (SSSR count). The third kappa shape index (κ3) is 3.62. The first-order valence-corrected chi connectivity index (χ1v) is 7.31. The minimum Gasteiger partial charge on any atom is -0.459 e. The summed E-state index contributed by atoms with van der Waals surface area (Å²) < 4.78 is 5.76. The number of carbonyl (C=O) groups excluding carboxylic acids is 1. The lowest BCUT2D eigenvalue weighted by Crippen LogP contribution is -2.36. The van der Waals surface area contributed by atoms with Gasteiger partial charge in [0.05, 0.1) is 11.8 Å². The summed E-state index contributed by atoms with van der Waals surface area (Å²) >= 11 is 0. The zero-order valence-corrected chi connectivity index (χ0v) is 12.1. The molecule has 1 aliphatic carbocycles. The molecule has 1 aliphatic heterocycles. The van der Waals surface area contributed by atoms with Crippen molar-refractivity contribution in [3.63, 3.8) is 0 Å². The van der Waals surface area contributed by atoms with Crippen molar-refractivity contribution in [3.05, 3.63) is 24.0 Å². The number of hydrogen-bond acceptors (Lipinski definition) is 3. The van der Waals surface area contributed by atoms with Crippen molar-refractivity contribution in [3.8, 4) is 0 Å². The second-order valence-electron chi connectivity index (χ2n) is 6.12. The van der Waals surface area contributed by atoms with Gasteiger partial charge in [0.15, 0.2) is 0 Å². The summed E-state index contributed by atoms with van der Waals surface area (Å²) in [5, 5.41) is 2.83. The molecule has 0 amide bonds. The Bertz CT molecular complexity index is 384. The Labute approximate surface area is 116 Å². The third-order valence-corrected chi connectivity index (χ3v) is 4.21. The smallest absolute Gasteiger partial charge is 0.336 e. The van der Waals surface area contributed by atoms with E-state index in [2.05, 4.69) is 32.3 Å². The first kappa shape index (κ1) is 14.2. The molecular weight excluding hydrogens is 238 g/mol. The second-order valence-corrected chi connectivity index (χ2v) is 6.12. The SMILES string of the molecule is CC1CCC(C(C)C)C(OC(=O)C2=[C]NC=CC2)C1. The number of rotatable bonds is 3. The van der Waals surface area contributed by atoms with E-state index in [-0.39, 0.29) is 12.1 Å². The molecule has 0 bridgehead atoms. The minimum absolute atomic E-state index is 0.0662. The summed E-state index contributed by atoms with van der Waals surface area (Å²) in [4.78, 5) is 12.1. The number of esters is 1. The summed E-state index contributed by atoms with van der Waals surface area (Å²) in [5.74, 6) is 1.50. The predicted molar refractivity (Wildman–Crippen MR) is 74.9 cm³/mol. The molecule has 105 valence electrons. The highest BCUT2D eigenvalue weighted by molar-refractivity contribution is 5.88. The van der Waals surface area contributed by atoms with Gasteiger partial charge < -0.3 is 10.1 Å². The largest absolute Gasteiger partial charge is 0.459 e. The normalized spacial score (nSPS) is 30.7. The van der Waals surface area contributed by atoms with Gasteiger partial charge in [-0.15, -0.1) is 0 Å². The summed E-state index contributed by atoms with van der Waals surface area (Å²) in [7, 11) is 0. The first-order chi connectivity index (χ1) is 9.08. The van der Waals surface area contributed by atoms with Gasteiger partial charge in [-0.3, -0.25) is 0 Å². The van der Waals surface area contributed by atoms with Gasteiger partial charge in [0.1, 0.15) is 6.10 Å². The number of nitrogens with one attached hydrogen (secondary N) is 1. The molecule has 0 aromatic rings. The average molecular weight is 262 g/mol. The van der Waals surface area contributed by atoms with Gasteiger partial charge in [0.2, 0.25) is 0 Å². The van der Waals surface area contributed by atoms with Gasteiger partial charge in [-0.2, -0.15) is 0 Å². The van der Waals surface area contributed by atoms with Gasteiger partial charge in [-0.05, 0) is 36.8 Å². The lowest BCUT2D eigenvalue weighted by Gasteiger charge is -2.36. The van der Waals surface area contributed by atoms with E-state index in [1.54, 1.807) is 6.20 Å². The van der Waals surface area contributed by atoms with Gasteiger partial charge in [-0.1, -0.05) is 33.3 Å². The van der Waals surface area contributed by atoms with E-state index in [4.69, 9.17) is 4.74 Å². The first-order valence-electron chi connectivity index (χ1n) is 7.31. The van der Waals surface area contributed by atoms with E-state index in [9.17, 15) is 4.79 Å². The van der Waals surface area contributed by atoms with Crippen molar-refractivity contribution in [1.82, 2.24) is 5.32 Å². The molecule has 3 unspecified atom stereocenters. The summed E-state index contributed by atoms with van der Waals surface area (Å²) in [6, 6.07) is 0. The fourth-order valence-electron chi connectivity index (χ4n) is 3.01. The van der Waals surface area contributed by atoms with E-state index in [0.717, 1.165) is 12.8 Å². The topological polar surface area (TPSA) is 38.3 Å². The maximum absolute atomic E-state index is 12.1. The highest BCUT2D eigenvalue weighted by Crippen LogP contribution is 2.35. The van der Waals surface area contributed by atoms with E-state index < -0.39 is 0 Å². The molecule has 0 aromatic heterocycles. The van der Waals surface area contributed by atoms with E-state index in [1.807, 2.05) is 6.08 Å². The molecule has 0 aromatic carbocycles. The Hall–Kier alpha value is -1.25. The molecule has 3 atom stereocenters. The molecule has 1 radical (unpaired) electrons. The van der Waals surface area contributed by atoms with Crippen molar-refractivity contribution in [2.45, 2.75) is 52.6 Å². The standard InChI is InChI=1S/C16H24NO2/c1-11(2)14-7-6-12(3)9-15(14)19-16(18)13-5-4-8-17-10-13/h4,8,11-12,14-15,17H,5-7,9H2,1-3H3. The fraction of sp³-hybridized carbons (Fsp3) is 0.688. The van der Waals surface area contributed by atoms with Crippen LogP contribution in [0.25, 0.3) is 0 Å². The minimum atomic E-state index is -0.207. The van der Waals surface area contributed by atoms with Crippen LogP contribution in [0, 0.1) is 24.0 Å². The van der Waals surface area contributed by atoms with Gasteiger partial charge in [0, 0.05) is 6.42 Å². The number of dihydropyridines is 1. The van der Waals surface area contributed by atoms with E-state index in [1.165, 1.54) is 6.42 Å². The van der Waals surface area contributed by atoms with Crippen molar-refractivity contribution in [2.75, 3.05) is 0 Å². The lowest BCUT2D eigenvalue weighted by molar-refractivity contribution is -0.151. The molecule has 0 spiro atoms. The summed E-state index contributed by atoms with van der Waals surface area (Å²) in [5.41, 5.74) is 0.600. The quantitative estimate of drug-likeness (QED) is 0.794. The highest BCUT2D eigenvalue weighted by Gasteiger charge is 2.33. The molecule has 0 saturated heterocycles. The molecular formula is C16H24NO2. The van der Waals surface area contributed by atoms with Crippen molar-refractivity contribution < 1.29 is 9.53 Å². The Balaban J connectivity index is 1.98. The third-order valence-electron chi connectivity index (χ3n) is 4.21. The zero-order valence-electron chi connectivity index (χ0n) is 12.1. The molecule has 1 N–H and O–H groups in total. The Morgan fingerprint density at radius 3 is 2.89 bits per heavy atom. The van der Waals surface area contributed by atoms with Crippen LogP contribution >= 0.6 is 0 Å². The van der Waals surface area contributed by atoms with Crippen LogP contribution in [0.4, 0.5) is 0 Å². The van der Waals surface area contributed by atoms with Crippen molar-refractivity contribution >= 4 is 5.97 Å². The van der Waals surface area contributed by atoms with Gasteiger partial charge in [0.25, 0.3) is 0 Å². The monoisotopic (exact) mass is 262 g/mol. The van der Waals surface area contributed by atoms with Gasteiger partial charge in [-0.25, -0.2) is 4.79 Å². The van der Waals surface area contributed by atoms with Crippen LogP contribution in [0.3, 0.4) is 0 Å². The van der Waals surface area contributed by atoms with Crippen LogP contribution in [-0.2, 0) is 9.53 Å². The van der Waals surface area contributed by atoms with Crippen LogP contribution in [0.15, 0.2) is 17.8 Å². The summed E-state index contributed by atoms with van der Waals surface area (Å²) in [6.45, 7) is 6.68. The molecule has 3 heteroatoms. The zero-order chi connectivity index (χ0) is 13.8. The average Bonchev–Trinajstić information content (AvgIpc) is 2.39. The predicted octanol–water partition coefficient (Wildman–Crippen LogP) is 3.18. The van der Waals surface area contributed by atoms with Crippen LogP contribution in [-0.4, -0.2) is 12.1 Å². The summed E-state index contributed by atoms with van der Waals surface area (Å²) in [6.07, 6.45) is 10.6. The van der Waals surface area contributed by atoms with Crippen LogP contribution in [0.1, 0.15) is 46.5 Å². The number of ether oxygens (including phenoxy) is 1. The lowest BCUT2D eigenvalue weighted by atomic mass is 9.75. The highest BCUT2D eigenvalue weighted by atomic mass is 16.5. The molecule has 1 saturated carbocycles. The maximum Gasteiger partial charge on any atom is 0.336 e. The maximum atomic E-state index is 12.1. The Morgan fingerprint density at radius 1 is 1.47 bits per heavy atom. The molecule has 3 nitrogen and oxygen atoms in total. The van der Waals surface area contributed by atoms with Crippen LogP contribution in [0.5, 0.6) is 0 Å². The molecule has 1 fully saturated rings. The van der Waals surface area contributed by atoms with Crippen LogP contribution in [0.2, 0.25) is 0 Å². The number of hydrogen-bond donors (Lipinski definition) is 1.